The highest BCUT2D eigenvalue weighted by Crippen LogP contribution is 2.56. The first-order chi connectivity index (χ1) is 14.7. The number of fused-ring (bicyclic) bond motifs is 4. The number of anilines is 2. The molecule has 2 aromatic carbocycles. The monoisotopic (exact) mass is 402 g/mol. The average Bonchev–Trinajstić information content (AvgIpc) is 3.43. The lowest BCUT2D eigenvalue weighted by Gasteiger charge is -2.46. The third-order valence-electron chi connectivity index (χ3n) is 8.12. The number of carbonyl (C=O) groups is 1. The molecule has 2 aliphatic carbocycles. The Balaban J connectivity index is 1.42. The first kappa shape index (κ1) is 18.3. The van der Waals surface area contributed by atoms with Crippen LogP contribution in [0.2, 0.25) is 0 Å². The number of benzene rings is 2. The highest BCUT2D eigenvalue weighted by molar-refractivity contribution is 6.06. The third-order valence-corrected chi connectivity index (χ3v) is 8.12. The Morgan fingerprint density at radius 3 is 2.23 bits per heavy atom. The van der Waals surface area contributed by atoms with Gasteiger partial charge < -0.3 is 15.0 Å². The number of hydrogen-bond donors (Lipinski definition) is 1. The van der Waals surface area contributed by atoms with Gasteiger partial charge in [0.05, 0.1) is 12.7 Å². The van der Waals surface area contributed by atoms with Crippen LogP contribution in [-0.4, -0.2) is 26.1 Å². The number of carbonyl (C=O) groups excluding carboxylic acids is 1. The zero-order valence-corrected chi connectivity index (χ0v) is 17.7. The fourth-order valence-corrected chi connectivity index (χ4v) is 6.87. The third kappa shape index (κ3) is 2.76. The summed E-state index contributed by atoms with van der Waals surface area (Å²) in [6.45, 7) is 2.47. The molecule has 4 heteroatoms. The maximum Gasteiger partial charge on any atom is 0.259 e. The molecule has 2 aromatic rings. The molecule has 4 nitrogen and oxygen atoms in total. The summed E-state index contributed by atoms with van der Waals surface area (Å²) in [5, 5.41) is 3.22. The number of nitrogens with zero attached hydrogens (tertiary/aromatic N) is 1. The van der Waals surface area contributed by atoms with Crippen molar-refractivity contribution in [3.05, 3.63) is 53.1 Å². The molecule has 30 heavy (non-hydrogen) atoms. The maximum absolute atomic E-state index is 13.1. The molecule has 1 amide bonds. The van der Waals surface area contributed by atoms with E-state index in [1.807, 2.05) is 24.3 Å². The van der Waals surface area contributed by atoms with Crippen molar-refractivity contribution >= 4 is 17.3 Å². The van der Waals surface area contributed by atoms with Gasteiger partial charge in [-0.15, -0.1) is 0 Å². The van der Waals surface area contributed by atoms with Crippen LogP contribution in [0.5, 0.6) is 5.75 Å². The fraction of sp³-hybridized carbons (Fsp3) is 0.500. The van der Waals surface area contributed by atoms with Gasteiger partial charge in [-0.25, -0.2) is 0 Å². The predicted octanol–water partition coefficient (Wildman–Crippen LogP) is 5.55. The lowest BCUT2D eigenvalue weighted by molar-refractivity contribution is 0.102. The molecular formula is C26H30N2O2. The first-order valence-corrected chi connectivity index (χ1v) is 11.6. The van der Waals surface area contributed by atoms with Gasteiger partial charge in [0.25, 0.3) is 5.91 Å². The van der Waals surface area contributed by atoms with Crippen molar-refractivity contribution in [2.45, 2.75) is 50.4 Å². The van der Waals surface area contributed by atoms with Crippen molar-refractivity contribution in [2.75, 3.05) is 30.4 Å². The van der Waals surface area contributed by atoms with Crippen molar-refractivity contribution in [3.8, 4) is 5.75 Å². The van der Waals surface area contributed by atoms with Crippen LogP contribution in [0.25, 0.3) is 0 Å². The van der Waals surface area contributed by atoms with Crippen LogP contribution in [0.15, 0.2) is 36.4 Å². The molecule has 0 spiro atoms. The Morgan fingerprint density at radius 2 is 1.60 bits per heavy atom. The number of rotatable bonds is 3. The molecule has 2 fully saturated rings. The number of ether oxygens (including phenoxy) is 1. The summed E-state index contributed by atoms with van der Waals surface area (Å²) in [5.41, 5.74) is 6.07. The molecule has 2 heterocycles. The molecule has 156 valence electrons. The standard InChI is InChI=1S/C26H30N2O2/c1-30-24-11-3-2-8-21(24)26(29)27-18-12-22-19-9-4-6-16(19)14-28-15-17-7-5-10-20(17)23(13-18)25(22)28/h2-3,8,11-13,16-17,19-20H,4-7,9-10,14-15H2,1H3,(H,27,29)/t16-,17+,19-,20-/m1/s1. The van der Waals surface area contributed by atoms with E-state index in [2.05, 4.69) is 22.3 Å². The fourth-order valence-electron chi connectivity index (χ4n) is 6.87. The van der Waals surface area contributed by atoms with Crippen LogP contribution in [-0.2, 0) is 0 Å². The molecule has 0 unspecified atom stereocenters. The summed E-state index contributed by atoms with van der Waals surface area (Å²) < 4.78 is 5.41. The SMILES string of the molecule is COc1ccccc1C(=O)Nc1cc2c3c(c1)[C@@H]1CCC[C@H]1CN3C[C@H]1CCC[C@@H]21. The van der Waals surface area contributed by atoms with Gasteiger partial charge in [-0.05, 0) is 84.7 Å². The molecule has 0 radical (unpaired) electrons. The van der Waals surface area contributed by atoms with Gasteiger partial charge in [-0.2, -0.15) is 0 Å². The van der Waals surface area contributed by atoms with Crippen molar-refractivity contribution in [3.63, 3.8) is 0 Å². The summed E-state index contributed by atoms with van der Waals surface area (Å²) in [6, 6.07) is 12.0. The van der Waals surface area contributed by atoms with E-state index in [9.17, 15) is 4.79 Å². The van der Waals surface area contributed by atoms with Crippen LogP contribution in [0.3, 0.4) is 0 Å². The lowest BCUT2D eigenvalue weighted by atomic mass is 9.75. The molecular weight excluding hydrogens is 372 g/mol. The second-order valence-electron chi connectivity index (χ2n) is 9.66. The van der Waals surface area contributed by atoms with Crippen molar-refractivity contribution in [2.24, 2.45) is 11.8 Å². The van der Waals surface area contributed by atoms with Gasteiger partial charge in [-0.3, -0.25) is 4.79 Å². The molecule has 0 aromatic heterocycles. The molecule has 0 saturated heterocycles. The number of nitrogens with one attached hydrogen (secondary N) is 1. The Labute approximate surface area is 178 Å². The molecule has 4 aliphatic rings. The van der Waals surface area contributed by atoms with E-state index in [4.69, 9.17) is 4.74 Å². The first-order valence-electron chi connectivity index (χ1n) is 11.6. The number of amides is 1. The van der Waals surface area contributed by atoms with Crippen LogP contribution >= 0.6 is 0 Å². The molecule has 2 saturated carbocycles. The van der Waals surface area contributed by atoms with E-state index in [1.165, 1.54) is 68.4 Å². The van der Waals surface area contributed by atoms with E-state index in [1.54, 1.807) is 7.11 Å². The van der Waals surface area contributed by atoms with E-state index >= 15 is 0 Å². The zero-order valence-electron chi connectivity index (χ0n) is 17.7. The largest absolute Gasteiger partial charge is 0.496 e. The Kier molecular flexibility index (Phi) is 4.29. The molecule has 0 bridgehead atoms. The van der Waals surface area contributed by atoms with Crippen LogP contribution < -0.4 is 15.0 Å². The van der Waals surface area contributed by atoms with Gasteiger partial charge in [0.2, 0.25) is 0 Å². The minimum Gasteiger partial charge on any atom is -0.496 e. The highest BCUT2D eigenvalue weighted by atomic mass is 16.5. The smallest absolute Gasteiger partial charge is 0.259 e. The summed E-state index contributed by atoms with van der Waals surface area (Å²) in [6.07, 6.45) is 7.96. The molecule has 1 N–H and O–H groups in total. The van der Waals surface area contributed by atoms with E-state index in [0.717, 1.165) is 17.5 Å². The molecule has 2 aliphatic heterocycles. The van der Waals surface area contributed by atoms with Crippen molar-refractivity contribution < 1.29 is 9.53 Å². The Bertz CT molecular complexity index is 955. The second kappa shape index (κ2) is 7.04. The number of para-hydroxylation sites is 1. The lowest BCUT2D eigenvalue weighted by Crippen LogP contribution is -2.43. The second-order valence-corrected chi connectivity index (χ2v) is 9.66. The number of methoxy groups -OCH3 is 1. The topological polar surface area (TPSA) is 41.6 Å². The summed E-state index contributed by atoms with van der Waals surface area (Å²) in [7, 11) is 1.62. The normalized spacial score (nSPS) is 28.5. The predicted molar refractivity (Wildman–Crippen MR) is 120 cm³/mol. The maximum atomic E-state index is 13.1. The number of hydrogen-bond acceptors (Lipinski definition) is 3. The molecule has 4 atom stereocenters. The Hall–Kier alpha value is -2.49. The van der Waals surface area contributed by atoms with Crippen molar-refractivity contribution in [1.29, 1.82) is 0 Å². The summed E-state index contributed by atoms with van der Waals surface area (Å²) >= 11 is 0. The van der Waals surface area contributed by atoms with Gasteiger partial charge in [0, 0.05) is 24.5 Å². The van der Waals surface area contributed by atoms with E-state index in [0.29, 0.717) is 23.1 Å². The van der Waals surface area contributed by atoms with Crippen LogP contribution in [0.1, 0.15) is 71.8 Å². The van der Waals surface area contributed by atoms with Gasteiger partial charge in [0.15, 0.2) is 0 Å². The highest BCUT2D eigenvalue weighted by Gasteiger charge is 2.44. The van der Waals surface area contributed by atoms with Crippen LogP contribution in [0, 0.1) is 11.8 Å². The minimum absolute atomic E-state index is 0.0889. The summed E-state index contributed by atoms with van der Waals surface area (Å²) in [5.74, 6) is 3.42. The molecule has 6 rings (SSSR count). The van der Waals surface area contributed by atoms with Gasteiger partial charge in [0.1, 0.15) is 5.75 Å². The van der Waals surface area contributed by atoms with Crippen LogP contribution in [0.4, 0.5) is 11.4 Å². The van der Waals surface area contributed by atoms with Gasteiger partial charge >= 0.3 is 0 Å². The zero-order chi connectivity index (χ0) is 20.2. The minimum atomic E-state index is -0.0889. The Morgan fingerprint density at radius 1 is 0.967 bits per heavy atom. The van der Waals surface area contributed by atoms with Crippen molar-refractivity contribution in [1.82, 2.24) is 0 Å². The average molecular weight is 403 g/mol. The quantitative estimate of drug-likeness (QED) is 0.732. The summed E-state index contributed by atoms with van der Waals surface area (Å²) in [4.78, 5) is 15.8. The van der Waals surface area contributed by atoms with E-state index in [-0.39, 0.29) is 5.91 Å². The van der Waals surface area contributed by atoms with Gasteiger partial charge in [-0.1, -0.05) is 25.0 Å². The van der Waals surface area contributed by atoms with E-state index < -0.39 is 0 Å².